The van der Waals surface area contributed by atoms with E-state index in [1.807, 2.05) is 4.90 Å². The number of amides is 1. The van der Waals surface area contributed by atoms with Gasteiger partial charge >= 0.3 is 0 Å². The number of piperidine rings is 1. The molecular weight excluding hydrogens is 315 g/mol. The van der Waals surface area contributed by atoms with Crippen LogP contribution in [-0.2, 0) is 4.79 Å². The Labute approximate surface area is 150 Å². The highest BCUT2D eigenvalue weighted by molar-refractivity contribution is 5.92. The molecule has 1 aromatic rings. The number of fused-ring (bicyclic) bond motifs is 2. The Morgan fingerprint density at radius 2 is 1.60 bits per heavy atom. The monoisotopic (exact) mass is 344 g/mol. The highest BCUT2D eigenvalue weighted by Crippen LogP contribution is 2.44. The van der Waals surface area contributed by atoms with Gasteiger partial charge in [0.1, 0.15) is 5.82 Å². The summed E-state index contributed by atoms with van der Waals surface area (Å²) in [7, 11) is 0. The predicted octanol–water partition coefficient (Wildman–Crippen LogP) is 4.22. The fraction of sp³-hybridized carbons (Fsp3) is 0.667. The zero-order valence-corrected chi connectivity index (χ0v) is 15.2. The van der Waals surface area contributed by atoms with Gasteiger partial charge in [0.25, 0.3) is 0 Å². The molecule has 0 N–H and O–H groups in total. The number of rotatable bonds is 3. The van der Waals surface area contributed by atoms with Crippen LogP contribution in [-0.4, -0.2) is 36.0 Å². The van der Waals surface area contributed by atoms with Gasteiger partial charge < -0.3 is 9.80 Å². The number of carbonyl (C=O) groups excluding carboxylic acids is 1. The Kier molecular flexibility index (Phi) is 4.81. The lowest BCUT2D eigenvalue weighted by atomic mass is 9.84. The number of anilines is 1. The third-order valence-corrected chi connectivity index (χ3v) is 6.69. The summed E-state index contributed by atoms with van der Waals surface area (Å²) in [6, 6.07) is 7.34. The fourth-order valence-corrected chi connectivity index (χ4v) is 5.53. The van der Waals surface area contributed by atoms with E-state index < -0.39 is 0 Å². The summed E-state index contributed by atoms with van der Waals surface area (Å²) in [5.74, 6) is 1.73. The van der Waals surface area contributed by atoms with Gasteiger partial charge in [0.2, 0.25) is 5.91 Å². The van der Waals surface area contributed by atoms with Gasteiger partial charge in [0.15, 0.2) is 0 Å². The quantitative estimate of drug-likeness (QED) is 0.819. The summed E-state index contributed by atoms with van der Waals surface area (Å²) in [6.07, 6.45) is 9.16. The van der Waals surface area contributed by atoms with Crippen molar-refractivity contribution < 1.29 is 9.18 Å². The lowest BCUT2D eigenvalue weighted by molar-refractivity contribution is -0.117. The molecular formula is C21H29FN2O. The van der Waals surface area contributed by atoms with E-state index in [1.54, 1.807) is 19.1 Å². The van der Waals surface area contributed by atoms with Crippen molar-refractivity contribution in [2.75, 3.05) is 18.0 Å². The van der Waals surface area contributed by atoms with Gasteiger partial charge in [-0.25, -0.2) is 4.39 Å². The van der Waals surface area contributed by atoms with Crippen LogP contribution in [0.3, 0.4) is 0 Å². The molecule has 1 heterocycles. The predicted molar refractivity (Wildman–Crippen MR) is 98.0 cm³/mol. The number of nitrogens with zero attached hydrogens (tertiary/aromatic N) is 2. The van der Waals surface area contributed by atoms with Gasteiger partial charge in [-0.3, -0.25) is 4.79 Å². The molecule has 0 radical (unpaired) electrons. The molecule has 2 unspecified atom stereocenters. The normalized spacial score (nSPS) is 30.4. The number of likely N-dealkylation sites (tertiary alicyclic amines) is 1. The molecule has 3 nitrogen and oxygen atoms in total. The van der Waals surface area contributed by atoms with Gasteiger partial charge in [-0.1, -0.05) is 12.8 Å². The largest absolute Gasteiger partial charge is 0.310 e. The van der Waals surface area contributed by atoms with Gasteiger partial charge in [-0.15, -0.1) is 0 Å². The first-order valence-electron chi connectivity index (χ1n) is 9.89. The second-order valence-corrected chi connectivity index (χ2v) is 8.30. The highest BCUT2D eigenvalue weighted by atomic mass is 19.1. The number of hydrogen-bond donors (Lipinski definition) is 0. The number of halogens is 1. The Hall–Kier alpha value is -1.42. The molecule has 2 saturated carbocycles. The molecule has 3 aliphatic rings. The third-order valence-electron chi connectivity index (χ3n) is 6.69. The Morgan fingerprint density at radius 3 is 2.16 bits per heavy atom. The highest BCUT2D eigenvalue weighted by Gasteiger charge is 2.38. The van der Waals surface area contributed by atoms with Crippen molar-refractivity contribution in [2.24, 2.45) is 11.8 Å². The van der Waals surface area contributed by atoms with Crippen LogP contribution < -0.4 is 4.90 Å². The molecule has 2 atom stereocenters. The van der Waals surface area contributed by atoms with Crippen LogP contribution in [0.25, 0.3) is 0 Å². The number of carbonyl (C=O) groups is 1. The zero-order chi connectivity index (χ0) is 17.4. The van der Waals surface area contributed by atoms with Crippen molar-refractivity contribution in [2.45, 2.75) is 64.0 Å². The summed E-state index contributed by atoms with van der Waals surface area (Å²) in [5.41, 5.74) is 0.822. The second kappa shape index (κ2) is 7.06. The Morgan fingerprint density at radius 1 is 1.00 bits per heavy atom. The minimum Gasteiger partial charge on any atom is -0.310 e. The average molecular weight is 344 g/mol. The molecule has 1 aromatic carbocycles. The summed E-state index contributed by atoms with van der Waals surface area (Å²) >= 11 is 0. The molecule has 0 aromatic heterocycles. The van der Waals surface area contributed by atoms with Crippen LogP contribution in [0.5, 0.6) is 0 Å². The van der Waals surface area contributed by atoms with Gasteiger partial charge in [0.05, 0.1) is 0 Å². The van der Waals surface area contributed by atoms with Crippen LogP contribution in [0, 0.1) is 17.7 Å². The molecule has 4 heteroatoms. The van der Waals surface area contributed by atoms with E-state index in [0.717, 1.165) is 49.5 Å². The minimum absolute atomic E-state index is 0.0563. The van der Waals surface area contributed by atoms with Crippen LogP contribution in [0.15, 0.2) is 24.3 Å². The molecule has 4 rings (SSSR count). The Balaban J connectivity index is 1.39. The summed E-state index contributed by atoms with van der Waals surface area (Å²) in [4.78, 5) is 16.8. The van der Waals surface area contributed by atoms with Crippen LogP contribution >= 0.6 is 0 Å². The summed E-state index contributed by atoms with van der Waals surface area (Å²) < 4.78 is 13.2. The van der Waals surface area contributed by atoms with Crippen LogP contribution in [0.4, 0.5) is 10.1 Å². The van der Waals surface area contributed by atoms with Crippen molar-refractivity contribution >= 4 is 11.6 Å². The van der Waals surface area contributed by atoms with E-state index >= 15 is 0 Å². The molecule has 2 aliphatic carbocycles. The first-order valence-corrected chi connectivity index (χ1v) is 9.89. The smallest absolute Gasteiger partial charge is 0.224 e. The molecule has 25 heavy (non-hydrogen) atoms. The van der Waals surface area contributed by atoms with Crippen molar-refractivity contribution in [3.63, 3.8) is 0 Å². The molecule has 2 bridgehead atoms. The maximum atomic E-state index is 13.2. The lowest BCUT2D eigenvalue weighted by Crippen LogP contribution is -2.50. The van der Waals surface area contributed by atoms with E-state index in [0.29, 0.717) is 0 Å². The van der Waals surface area contributed by atoms with Crippen molar-refractivity contribution in [1.29, 1.82) is 0 Å². The molecule has 3 fully saturated rings. The van der Waals surface area contributed by atoms with Crippen molar-refractivity contribution in [1.82, 2.24) is 4.90 Å². The molecule has 1 amide bonds. The minimum atomic E-state index is -0.256. The van der Waals surface area contributed by atoms with E-state index in [2.05, 4.69) is 4.90 Å². The second-order valence-electron chi connectivity index (χ2n) is 8.30. The SMILES string of the molecule is CC(=O)N(c1ccc(F)cc1)C1CCN(C2CC3CCC(C3)C2)CC1. The van der Waals surface area contributed by atoms with Crippen molar-refractivity contribution in [3.05, 3.63) is 30.1 Å². The Bertz CT molecular complexity index is 597. The molecule has 0 spiro atoms. The zero-order valence-electron chi connectivity index (χ0n) is 15.2. The van der Waals surface area contributed by atoms with Crippen LogP contribution in [0.1, 0.15) is 51.9 Å². The van der Waals surface area contributed by atoms with Crippen molar-refractivity contribution in [3.8, 4) is 0 Å². The molecule has 136 valence electrons. The number of hydrogen-bond acceptors (Lipinski definition) is 2. The topological polar surface area (TPSA) is 23.6 Å². The van der Waals surface area contributed by atoms with Crippen LogP contribution in [0.2, 0.25) is 0 Å². The molecule has 1 aliphatic heterocycles. The van der Waals surface area contributed by atoms with Gasteiger partial charge in [0, 0.05) is 37.8 Å². The van der Waals surface area contributed by atoms with E-state index in [-0.39, 0.29) is 17.8 Å². The molecule has 1 saturated heterocycles. The average Bonchev–Trinajstić information content (AvgIpc) is 2.95. The number of benzene rings is 1. The standard InChI is InChI=1S/C21H29FN2O/c1-15(25)24(19-6-4-18(22)5-7-19)20-8-10-23(11-9-20)21-13-16-2-3-17(12-16)14-21/h4-7,16-17,20-21H,2-3,8-14H2,1H3. The third kappa shape index (κ3) is 3.59. The fourth-order valence-electron chi connectivity index (χ4n) is 5.53. The maximum absolute atomic E-state index is 13.2. The van der Waals surface area contributed by atoms with E-state index in [1.165, 1.54) is 44.2 Å². The van der Waals surface area contributed by atoms with Gasteiger partial charge in [-0.05, 0) is 68.2 Å². The van der Waals surface area contributed by atoms with E-state index in [9.17, 15) is 9.18 Å². The van der Waals surface area contributed by atoms with E-state index in [4.69, 9.17) is 0 Å². The summed E-state index contributed by atoms with van der Waals surface area (Å²) in [6.45, 7) is 3.79. The lowest BCUT2D eigenvalue weighted by Gasteiger charge is -2.43. The first kappa shape index (κ1) is 17.0. The first-order chi connectivity index (χ1) is 12.1. The summed E-state index contributed by atoms with van der Waals surface area (Å²) in [5, 5.41) is 0. The van der Waals surface area contributed by atoms with Gasteiger partial charge in [-0.2, -0.15) is 0 Å². The maximum Gasteiger partial charge on any atom is 0.224 e.